The third-order valence-electron chi connectivity index (χ3n) is 6.00. The molecule has 1 amide bonds. The smallest absolute Gasteiger partial charge is 0.230 e. The molecule has 1 atom stereocenters. The van der Waals surface area contributed by atoms with E-state index in [0.717, 1.165) is 67.2 Å². The summed E-state index contributed by atoms with van der Waals surface area (Å²) in [6, 6.07) is 0.408. The Hall–Kier alpha value is -2.20. The molecule has 0 aromatic carbocycles. The van der Waals surface area contributed by atoms with Crippen LogP contribution in [-0.4, -0.2) is 75.2 Å². The van der Waals surface area contributed by atoms with Crippen molar-refractivity contribution in [1.82, 2.24) is 29.5 Å². The van der Waals surface area contributed by atoms with Gasteiger partial charge in [-0.3, -0.25) is 9.48 Å². The van der Waals surface area contributed by atoms with Gasteiger partial charge in [0.25, 0.3) is 0 Å². The molecule has 0 saturated carbocycles. The summed E-state index contributed by atoms with van der Waals surface area (Å²) < 4.78 is 2.86. The van der Waals surface area contributed by atoms with Gasteiger partial charge in [0.2, 0.25) is 11.9 Å². The number of likely N-dealkylation sites (N-methyl/N-ethyl adjacent to an activating group) is 1. The van der Waals surface area contributed by atoms with Crippen LogP contribution in [0.5, 0.6) is 0 Å². The van der Waals surface area contributed by atoms with Crippen molar-refractivity contribution >= 4 is 39.3 Å². The van der Waals surface area contributed by atoms with E-state index in [1.807, 2.05) is 31.9 Å². The van der Waals surface area contributed by atoms with E-state index in [9.17, 15) is 4.79 Å². The van der Waals surface area contributed by atoms with E-state index in [1.54, 1.807) is 6.20 Å². The predicted octanol–water partition coefficient (Wildman–Crippen LogP) is 3.03. The van der Waals surface area contributed by atoms with Crippen molar-refractivity contribution in [3.63, 3.8) is 0 Å². The van der Waals surface area contributed by atoms with Gasteiger partial charge in [-0.25, -0.2) is 4.98 Å². The number of carbonyl (C=O) groups excluding carboxylic acids is 1. The molecule has 4 heterocycles. The number of anilines is 3. The van der Waals surface area contributed by atoms with Crippen LogP contribution in [-0.2, 0) is 4.79 Å². The van der Waals surface area contributed by atoms with Crippen LogP contribution in [0, 0.1) is 12.3 Å². The van der Waals surface area contributed by atoms with Gasteiger partial charge in [-0.1, -0.05) is 0 Å². The summed E-state index contributed by atoms with van der Waals surface area (Å²) in [4.78, 5) is 25.2. The Labute approximate surface area is 191 Å². The highest BCUT2D eigenvalue weighted by molar-refractivity contribution is 9.10. The number of rotatable bonds is 8. The fourth-order valence-electron chi connectivity index (χ4n) is 4.20. The first-order chi connectivity index (χ1) is 14.7. The Kier molecular flexibility index (Phi) is 6.20. The largest absolute Gasteiger partial charge is 0.369 e. The maximum Gasteiger partial charge on any atom is 0.230 e. The van der Waals surface area contributed by atoms with Crippen molar-refractivity contribution in [2.24, 2.45) is 5.41 Å². The van der Waals surface area contributed by atoms with Gasteiger partial charge in [0, 0.05) is 38.6 Å². The number of hydrogen-bond donors (Lipinski definition) is 2. The minimum absolute atomic E-state index is 0.191. The quantitative estimate of drug-likeness (QED) is 0.433. The molecular formula is C21H31BrN8O. The summed E-state index contributed by atoms with van der Waals surface area (Å²) in [5.74, 6) is 1.49. The van der Waals surface area contributed by atoms with Crippen LogP contribution >= 0.6 is 15.9 Å². The molecule has 9 nitrogen and oxygen atoms in total. The molecule has 31 heavy (non-hydrogen) atoms. The number of aryl methyl sites for hydroxylation is 1. The maximum atomic E-state index is 12.0. The second-order valence-electron chi connectivity index (χ2n) is 9.22. The van der Waals surface area contributed by atoms with Gasteiger partial charge in [-0.05, 0) is 63.1 Å². The number of nitrogens with zero attached hydrogens (tertiary/aromatic N) is 6. The Balaban J connectivity index is 1.33. The van der Waals surface area contributed by atoms with Crippen LogP contribution in [0.3, 0.4) is 0 Å². The monoisotopic (exact) mass is 490 g/mol. The average Bonchev–Trinajstić information content (AvgIpc) is 3.32. The first-order valence-electron chi connectivity index (χ1n) is 10.8. The van der Waals surface area contributed by atoms with Gasteiger partial charge in [0.05, 0.1) is 27.3 Å². The molecule has 2 aromatic rings. The lowest BCUT2D eigenvalue weighted by atomic mass is 9.83. The van der Waals surface area contributed by atoms with Crippen LogP contribution in [0.4, 0.5) is 17.5 Å². The lowest BCUT2D eigenvalue weighted by molar-refractivity contribution is -0.156. The third-order valence-corrected chi connectivity index (χ3v) is 6.58. The molecule has 0 aliphatic carbocycles. The Morgan fingerprint density at radius 3 is 2.84 bits per heavy atom. The summed E-state index contributed by atoms with van der Waals surface area (Å²) in [5.41, 5.74) is 1.66. The van der Waals surface area contributed by atoms with Crippen LogP contribution in [0.15, 0.2) is 16.9 Å². The lowest BCUT2D eigenvalue weighted by Crippen LogP contribution is -2.58. The topological polar surface area (TPSA) is 91.2 Å². The lowest BCUT2D eigenvalue weighted by Gasteiger charge is -2.44. The first-order valence-corrected chi connectivity index (χ1v) is 11.6. The molecule has 0 spiro atoms. The average molecular weight is 491 g/mol. The molecule has 2 saturated heterocycles. The summed E-state index contributed by atoms with van der Waals surface area (Å²) in [7, 11) is 2.14. The van der Waals surface area contributed by atoms with Crippen molar-refractivity contribution < 1.29 is 4.79 Å². The van der Waals surface area contributed by atoms with Crippen LogP contribution in [0.25, 0.3) is 0 Å². The number of halogens is 1. The van der Waals surface area contributed by atoms with Crippen LogP contribution in [0.2, 0.25) is 0 Å². The van der Waals surface area contributed by atoms with E-state index < -0.39 is 0 Å². The van der Waals surface area contributed by atoms with Gasteiger partial charge in [0.1, 0.15) is 5.82 Å². The van der Waals surface area contributed by atoms with Crippen LogP contribution in [0.1, 0.15) is 38.4 Å². The van der Waals surface area contributed by atoms with Gasteiger partial charge in [0.15, 0.2) is 0 Å². The van der Waals surface area contributed by atoms with E-state index in [0.29, 0.717) is 12.0 Å². The summed E-state index contributed by atoms with van der Waals surface area (Å²) >= 11 is 3.51. The zero-order chi connectivity index (χ0) is 22.2. The number of carbonyl (C=O) groups is 1. The van der Waals surface area contributed by atoms with Gasteiger partial charge < -0.3 is 20.4 Å². The van der Waals surface area contributed by atoms with E-state index in [-0.39, 0.29) is 11.3 Å². The van der Waals surface area contributed by atoms with Crippen molar-refractivity contribution in [1.29, 1.82) is 0 Å². The SMILES string of the molecule is Cc1nn(C2CCN(C)C2)cc1Nc1ncc(Br)c(NCCCN2CC(C)(C)C2=O)n1. The normalized spacial score (nSPS) is 20.7. The molecule has 1 unspecified atom stereocenters. The number of aromatic nitrogens is 4. The fraction of sp³-hybridized carbons (Fsp3) is 0.619. The minimum atomic E-state index is -0.191. The second kappa shape index (κ2) is 8.74. The van der Waals surface area contributed by atoms with Crippen molar-refractivity contribution in [3.8, 4) is 0 Å². The summed E-state index contributed by atoms with van der Waals surface area (Å²) in [6.07, 6.45) is 5.76. The molecule has 0 bridgehead atoms. The number of hydrogen-bond acceptors (Lipinski definition) is 7. The van der Waals surface area contributed by atoms with E-state index in [2.05, 4.69) is 58.3 Å². The standard InChI is InChI=1S/C21H31BrN8O/c1-14-17(12-30(27-14)15-6-9-28(4)11-15)25-20-24-10-16(22)18(26-20)23-7-5-8-29-13-21(2,3)19(29)31/h10,12,15H,5-9,11,13H2,1-4H3,(H2,23,24,25,26). The molecule has 2 aliphatic heterocycles. The zero-order valence-corrected chi connectivity index (χ0v) is 20.2. The zero-order valence-electron chi connectivity index (χ0n) is 18.7. The molecule has 4 rings (SSSR count). The van der Waals surface area contributed by atoms with Gasteiger partial charge in [-0.2, -0.15) is 10.1 Å². The predicted molar refractivity (Wildman–Crippen MR) is 125 cm³/mol. The number of likely N-dealkylation sites (tertiary alicyclic amines) is 2. The second-order valence-corrected chi connectivity index (χ2v) is 10.1. The Morgan fingerprint density at radius 1 is 1.35 bits per heavy atom. The summed E-state index contributed by atoms with van der Waals surface area (Å²) in [5, 5.41) is 11.3. The molecule has 2 aliphatic rings. The molecule has 2 N–H and O–H groups in total. The van der Waals surface area contributed by atoms with Crippen molar-refractivity contribution in [3.05, 3.63) is 22.6 Å². The Bertz CT molecular complexity index is 959. The summed E-state index contributed by atoms with van der Waals surface area (Å²) in [6.45, 7) is 10.4. The first kappa shape index (κ1) is 22.0. The van der Waals surface area contributed by atoms with E-state index in [4.69, 9.17) is 0 Å². The number of amides is 1. The number of β-lactam (4-membered cyclic amide) rings is 1. The third kappa shape index (κ3) is 4.85. The van der Waals surface area contributed by atoms with Crippen molar-refractivity contribution in [2.75, 3.05) is 50.4 Å². The molecular weight excluding hydrogens is 460 g/mol. The molecule has 10 heteroatoms. The van der Waals surface area contributed by atoms with Gasteiger partial charge in [-0.15, -0.1) is 0 Å². The highest BCUT2D eigenvalue weighted by atomic mass is 79.9. The van der Waals surface area contributed by atoms with Gasteiger partial charge >= 0.3 is 0 Å². The maximum absolute atomic E-state index is 12.0. The highest BCUT2D eigenvalue weighted by Crippen LogP contribution is 2.30. The molecule has 0 radical (unpaired) electrons. The number of nitrogens with one attached hydrogen (secondary N) is 2. The fourth-order valence-corrected chi connectivity index (χ4v) is 4.53. The van der Waals surface area contributed by atoms with E-state index >= 15 is 0 Å². The molecule has 2 aromatic heterocycles. The highest BCUT2D eigenvalue weighted by Gasteiger charge is 2.43. The molecule has 168 valence electrons. The van der Waals surface area contributed by atoms with Crippen molar-refractivity contribution in [2.45, 2.75) is 39.7 Å². The van der Waals surface area contributed by atoms with E-state index in [1.165, 1.54) is 0 Å². The molecule has 2 fully saturated rings. The minimum Gasteiger partial charge on any atom is -0.369 e. The van der Waals surface area contributed by atoms with Crippen LogP contribution < -0.4 is 10.6 Å². The Morgan fingerprint density at radius 2 is 2.16 bits per heavy atom.